The number of benzene rings is 2. The van der Waals surface area contributed by atoms with E-state index in [1.54, 1.807) is 0 Å². The highest BCUT2D eigenvalue weighted by Gasteiger charge is 2.29. The second-order valence-corrected chi connectivity index (χ2v) is 7.52. The van der Waals surface area contributed by atoms with Gasteiger partial charge in [-0.2, -0.15) is 5.10 Å². The van der Waals surface area contributed by atoms with Crippen molar-refractivity contribution in [1.82, 2.24) is 15.3 Å². The Bertz CT molecular complexity index is 1180. The second kappa shape index (κ2) is 9.13. The Morgan fingerprint density at radius 2 is 1.70 bits per heavy atom. The Hall–Kier alpha value is -4.18. The van der Waals surface area contributed by atoms with E-state index in [1.807, 2.05) is 41.9 Å². The fraction of sp³-hybridized carbons (Fsp3) is 0.217. The van der Waals surface area contributed by atoms with Crippen LogP contribution in [0.15, 0.2) is 54.6 Å². The van der Waals surface area contributed by atoms with Crippen molar-refractivity contribution in [3.8, 4) is 11.1 Å². The molecule has 0 saturated heterocycles. The Morgan fingerprint density at radius 1 is 1.09 bits per heavy atom. The van der Waals surface area contributed by atoms with Gasteiger partial charge in [-0.1, -0.05) is 48.5 Å². The van der Waals surface area contributed by atoms with Crippen LogP contribution in [0.2, 0.25) is 0 Å². The first kappa shape index (κ1) is 22.0. The number of nitrogens with zero attached hydrogens (tertiary/aromatic N) is 2. The molecule has 0 aliphatic heterocycles. The van der Waals surface area contributed by atoms with Crippen LogP contribution < -0.4 is 10.8 Å². The number of carbonyl (C=O) groups is 3. The third kappa shape index (κ3) is 4.55. The number of carboxylic acid groups (broad SMARTS) is 1. The SMILES string of the molecule is CC(ONC(=O)c1cc(NC(=O)OCC2c3ccccc3-c3ccccc32)nn1C)C(=O)O. The van der Waals surface area contributed by atoms with Crippen LogP contribution in [0, 0.1) is 0 Å². The van der Waals surface area contributed by atoms with Gasteiger partial charge in [0.1, 0.15) is 12.3 Å². The highest BCUT2D eigenvalue weighted by molar-refractivity contribution is 5.94. The maximum atomic E-state index is 12.4. The summed E-state index contributed by atoms with van der Waals surface area (Å²) in [4.78, 5) is 40.1. The van der Waals surface area contributed by atoms with Gasteiger partial charge in [0.2, 0.25) is 0 Å². The van der Waals surface area contributed by atoms with Gasteiger partial charge in [-0.15, -0.1) is 0 Å². The summed E-state index contributed by atoms with van der Waals surface area (Å²) in [6, 6.07) is 17.4. The van der Waals surface area contributed by atoms with Crippen molar-refractivity contribution in [3.63, 3.8) is 0 Å². The van der Waals surface area contributed by atoms with Crippen molar-refractivity contribution in [3.05, 3.63) is 71.4 Å². The van der Waals surface area contributed by atoms with Crippen LogP contribution in [0.5, 0.6) is 0 Å². The summed E-state index contributed by atoms with van der Waals surface area (Å²) in [6.07, 6.45) is -1.93. The lowest BCUT2D eigenvalue weighted by atomic mass is 9.98. The van der Waals surface area contributed by atoms with Crippen molar-refractivity contribution in [2.45, 2.75) is 18.9 Å². The van der Waals surface area contributed by atoms with Gasteiger partial charge in [0.25, 0.3) is 5.91 Å². The van der Waals surface area contributed by atoms with Crippen molar-refractivity contribution in [2.75, 3.05) is 11.9 Å². The fourth-order valence-corrected chi connectivity index (χ4v) is 3.72. The number of hydrogen-bond donors (Lipinski definition) is 3. The first-order valence-corrected chi connectivity index (χ1v) is 10.2. The van der Waals surface area contributed by atoms with Crippen molar-refractivity contribution >= 4 is 23.8 Å². The largest absolute Gasteiger partial charge is 0.479 e. The smallest absolute Gasteiger partial charge is 0.412 e. The number of nitrogens with one attached hydrogen (secondary N) is 2. The first-order chi connectivity index (χ1) is 15.8. The summed E-state index contributed by atoms with van der Waals surface area (Å²) in [5, 5.41) is 15.4. The fourth-order valence-electron chi connectivity index (χ4n) is 3.72. The zero-order valence-electron chi connectivity index (χ0n) is 17.9. The van der Waals surface area contributed by atoms with Crippen molar-refractivity contribution < 1.29 is 29.1 Å². The molecule has 1 atom stereocenters. The molecule has 10 heteroatoms. The molecule has 10 nitrogen and oxygen atoms in total. The molecule has 1 aromatic heterocycles. The van der Waals surface area contributed by atoms with E-state index in [1.165, 1.54) is 24.7 Å². The van der Waals surface area contributed by atoms with E-state index in [-0.39, 0.29) is 24.0 Å². The highest BCUT2D eigenvalue weighted by Crippen LogP contribution is 2.44. The molecule has 0 spiro atoms. The molecule has 3 aromatic rings. The summed E-state index contributed by atoms with van der Waals surface area (Å²) in [5.74, 6) is -1.91. The summed E-state index contributed by atoms with van der Waals surface area (Å²) >= 11 is 0. The average molecular weight is 450 g/mol. The third-order valence-corrected chi connectivity index (χ3v) is 5.36. The maximum absolute atomic E-state index is 12.4. The van der Waals surface area contributed by atoms with Gasteiger partial charge in [-0.25, -0.2) is 15.1 Å². The molecule has 1 aliphatic carbocycles. The van der Waals surface area contributed by atoms with Crippen LogP contribution in [-0.4, -0.2) is 45.6 Å². The van der Waals surface area contributed by atoms with Crippen LogP contribution in [0.3, 0.4) is 0 Å². The molecular formula is C23H22N4O6. The predicted octanol–water partition coefficient (Wildman–Crippen LogP) is 2.92. The molecule has 0 fully saturated rings. The predicted molar refractivity (Wildman–Crippen MR) is 118 cm³/mol. The molecule has 2 amide bonds. The minimum atomic E-state index is -1.22. The van der Waals surface area contributed by atoms with Crippen LogP contribution >= 0.6 is 0 Å². The molecule has 1 unspecified atom stereocenters. The number of amides is 2. The number of ether oxygens (including phenoxy) is 1. The van der Waals surface area contributed by atoms with Gasteiger partial charge >= 0.3 is 12.1 Å². The number of aryl methyl sites for hydroxylation is 1. The molecule has 1 heterocycles. The van der Waals surface area contributed by atoms with Gasteiger partial charge < -0.3 is 9.84 Å². The first-order valence-electron chi connectivity index (χ1n) is 10.2. The number of aromatic nitrogens is 2. The normalized spacial score (nSPS) is 13.0. The Labute approximate surface area is 189 Å². The summed E-state index contributed by atoms with van der Waals surface area (Å²) in [7, 11) is 1.50. The van der Waals surface area contributed by atoms with Crippen molar-refractivity contribution in [2.24, 2.45) is 7.05 Å². The summed E-state index contributed by atoms with van der Waals surface area (Å²) in [5.41, 5.74) is 6.55. The number of rotatable bonds is 7. The van der Waals surface area contributed by atoms with E-state index in [0.29, 0.717) is 0 Å². The molecule has 0 radical (unpaired) electrons. The van der Waals surface area contributed by atoms with Gasteiger partial charge in [0.15, 0.2) is 11.9 Å². The molecule has 170 valence electrons. The zero-order valence-corrected chi connectivity index (χ0v) is 17.9. The van der Waals surface area contributed by atoms with Crippen LogP contribution in [0.25, 0.3) is 11.1 Å². The molecule has 3 N–H and O–H groups in total. The number of anilines is 1. The van der Waals surface area contributed by atoms with E-state index in [2.05, 4.69) is 22.5 Å². The monoisotopic (exact) mass is 450 g/mol. The minimum absolute atomic E-state index is 0.0570. The quantitative estimate of drug-likeness (QED) is 0.472. The molecule has 0 saturated carbocycles. The van der Waals surface area contributed by atoms with E-state index >= 15 is 0 Å². The molecule has 1 aliphatic rings. The number of hydroxylamine groups is 1. The molecule has 0 bridgehead atoms. The lowest BCUT2D eigenvalue weighted by Gasteiger charge is -2.14. The zero-order chi connectivity index (χ0) is 23.5. The topological polar surface area (TPSA) is 132 Å². The molecule has 33 heavy (non-hydrogen) atoms. The number of hydrogen-bond acceptors (Lipinski definition) is 6. The lowest BCUT2D eigenvalue weighted by Crippen LogP contribution is -2.33. The second-order valence-electron chi connectivity index (χ2n) is 7.52. The van der Waals surface area contributed by atoms with E-state index in [9.17, 15) is 14.4 Å². The van der Waals surface area contributed by atoms with Gasteiger partial charge in [0, 0.05) is 19.0 Å². The highest BCUT2D eigenvalue weighted by atomic mass is 16.7. The molecule has 4 rings (SSSR count). The van der Waals surface area contributed by atoms with E-state index < -0.39 is 24.1 Å². The number of carboxylic acids is 1. The molecular weight excluding hydrogens is 428 g/mol. The number of fused-ring (bicyclic) bond motifs is 3. The lowest BCUT2D eigenvalue weighted by molar-refractivity contribution is -0.152. The maximum Gasteiger partial charge on any atom is 0.412 e. The van der Waals surface area contributed by atoms with Gasteiger partial charge in [0.05, 0.1) is 0 Å². The van der Waals surface area contributed by atoms with Crippen molar-refractivity contribution in [1.29, 1.82) is 0 Å². The Morgan fingerprint density at radius 3 is 2.30 bits per heavy atom. The third-order valence-electron chi connectivity index (χ3n) is 5.36. The van der Waals surface area contributed by atoms with Crippen LogP contribution in [0.4, 0.5) is 10.6 Å². The summed E-state index contributed by atoms with van der Waals surface area (Å²) in [6.45, 7) is 1.41. The molecule has 2 aromatic carbocycles. The van der Waals surface area contributed by atoms with Crippen LogP contribution in [0.1, 0.15) is 34.5 Å². The van der Waals surface area contributed by atoms with E-state index in [4.69, 9.17) is 14.7 Å². The number of carbonyl (C=O) groups excluding carboxylic acids is 2. The standard InChI is InChI=1S/C23H22N4O6/c1-13(22(29)30)33-26-21(28)19-11-20(25-27(19)2)24-23(31)32-12-18-16-9-5-3-7-14(16)15-8-4-6-10-17(15)18/h3-11,13,18H,12H2,1-2H3,(H,26,28)(H,29,30)(H,24,25,31). The van der Waals surface area contributed by atoms with Gasteiger partial charge in [-0.05, 0) is 29.2 Å². The summed E-state index contributed by atoms with van der Waals surface area (Å²) < 4.78 is 6.69. The average Bonchev–Trinajstić information content (AvgIpc) is 3.33. The van der Waals surface area contributed by atoms with Crippen LogP contribution in [-0.2, 0) is 21.4 Å². The number of aliphatic carboxylic acids is 1. The Balaban J connectivity index is 1.38. The van der Waals surface area contributed by atoms with E-state index in [0.717, 1.165) is 22.3 Å². The van der Waals surface area contributed by atoms with Gasteiger partial charge in [-0.3, -0.25) is 19.6 Å². The minimum Gasteiger partial charge on any atom is -0.479 e. The Kier molecular flexibility index (Phi) is 6.09.